The molecule has 1 saturated heterocycles. The largest absolute Gasteiger partial charge is 0.339 e. The monoisotopic (exact) mass is 333 g/mol. The van der Waals surface area contributed by atoms with Gasteiger partial charge in [-0.05, 0) is 24.9 Å². The van der Waals surface area contributed by atoms with E-state index in [2.05, 4.69) is 35.2 Å². The summed E-state index contributed by atoms with van der Waals surface area (Å²) < 4.78 is 0. The smallest absolute Gasteiger partial charge is 0.236 e. The van der Waals surface area contributed by atoms with Crippen LogP contribution in [0.15, 0.2) is 30.3 Å². The van der Waals surface area contributed by atoms with E-state index in [1.807, 2.05) is 4.90 Å². The number of piperazine rings is 1. The highest BCUT2D eigenvalue weighted by Crippen LogP contribution is 2.06. The molecular weight excluding hydrogens is 309 g/mol. The molecule has 0 atom stereocenters. The molecule has 1 heterocycles. The summed E-state index contributed by atoms with van der Waals surface area (Å²) in [5, 5.41) is 0. The minimum Gasteiger partial charge on any atom is -0.339 e. The zero-order valence-corrected chi connectivity index (χ0v) is 13.9. The van der Waals surface area contributed by atoms with Crippen molar-refractivity contribution in [3.05, 3.63) is 35.9 Å². The van der Waals surface area contributed by atoms with Crippen molar-refractivity contribution in [3.8, 4) is 0 Å². The van der Waals surface area contributed by atoms with E-state index in [1.54, 1.807) is 0 Å². The van der Waals surface area contributed by atoms with E-state index in [0.717, 1.165) is 39.1 Å². The second-order valence-electron chi connectivity index (χ2n) is 5.02. The first-order valence-electron chi connectivity index (χ1n) is 7.03. The van der Waals surface area contributed by atoms with Gasteiger partial charge in [-0.1, -0.05) is 30.3 Å². The van der Waals surface area contributed by atoms with Crippen molar-refractivity contribution in [1.29, 1.82) is 0 Å². The van der Waals surface area contributed by atoms with Crippen molar-refractivity contribution in [2.75, 3.05) is 39.3 Å². The van der Waals surface area contributed by atoms with Crippen LogP contribution in [0.3, 0.4) is 0 Å². The van der Waals surface area contributed by atoms with Gasteiger partial charge in [-0.25, -0.2) is 0 Å². The Morgan fingerprint density at radius 1 is 1.05 bits per heavy atom. The molecule has 2 N–H and O–H groups in total. The van der Waals surface area contributed by atoms with Crippen LogP contribution < -0.4 is 5.73 Å². The van der Waals surface area contributed by atoms with Crippen molar-refractivity contribution in [2.45, 2.75) is 12.8 Å². The number of amides is 1. The Morgan fingerprint density at radius 2 is 1.67 bits per heavy atom. The molecule has 120 valence electrons. The van der Waals surface area contributed by atoms with Crippen LogP contribution in [0.1, 0.15) is 12.0 Å². The van der Waals surface area contributed by atoms with Crippen molar-refractivity contribution in [2.24, 2.45) is 5.73 Å². The summed E-state index contributed by atoms with van der Waals surface area (Å²) in [5.41, 5.74) is 6.78. The van der Waals surface area contributed by atoms with Gasteiger partial charge in [-0.2, -0.15) is 0 Å². The molecule has 0 saturated carbocycles. The van der Waals surface area contributed by atoms with Crippen LogP contribution in [0.4, 0.5) is 0 Å². The maximum absolute atomic E-state index is 11.5. The number of halogens is 2. The molecule has 1 fully saturated rings. The number of benzene rings is 1. The summed E-state index contributed by atoms with van der Waals surface area (Å²) in [5.74, 6) is 0.0731. The number of carbonyl (C=O) groups is 1. The maximum atomic E-state index is 11.5. The summed E-state index contributed by atoms with van der Waals surface area (Å²) in [6, 6.07) is 10.6. The lowest BCUT2D eigenvalue weighted by Crippen LogP contribution is -2.50. The highest BCUT2D eigenvalue weighted by atomic mass is 35.5. The molecule has 4 nitrogen and oxygen atoms in total. The van der Waals surface area contributed by atoms with Gasteiger partial charge < -0.3 is 10.6 Å². The van der Waals surface area contributed by atoms with E-state index in [0.29, 0.717) is 0 Å². The minimum absolute atomic E-state index is 0. The molecule has 0 radical (unpaired) electrons. The summed E-state index contributed by atoms with van der Waals surface area (Å²) in [6.45, 7) is 4.83. The average Bonchev–Trinajstić information content (AvgIpc) is 2.48. The Bertz CT molecular complexity index is 395. The number of hydrogen-bond donors (Lipinski definition) is 1. The molecule has 21 heavy (non-hydrogen) atoms. The number of nitrogens with two attached hydrogens (primary N) is 1. The van der Waals surface area contributed by atoms with Crippen LogP contribution in [0.5, 0.6) is 0 Å². The molecule has 1 aliphatic heterocycles. The van der Waals surface area contributed by atoms with Gasteiger partial charge in [0.05, 0.1) is 6.54 Å². The number of hydrogen-bond acceptors (Lipinski definition) is 3. The molecule has 1 aliphatic rings. The Balaban J connectivity index is 0.00000200. The zero-order valence-electron chi connectivity index (χ0n) is 12.2. The first-order chi connectivity index (χ1) is 9.29. The third-order valence-electron chi connectivity index (χ3n) is 3.68. The molecule has 1 aromatic rings. The fourth-order valence-corrected chi connectivity index (χ4v) is 2.50. The van der Waals surface area contributed by atoms with E-state index < -0.39 is 0 Å². The van der Waals surface area contributed by atoms with Gasteiger partial charge in [-0.3, -0.25) is 9.69 Å². The molecular formula is C15H25Cl2N3O. The van der Waals surface area contributed by atoms with Gasteiger partial charge in [0.15, 0.2) is 0 Å². The lowest BCUT2D eigenvalue weighted by molar-refractivity contribution is -0.131. The van der Waals surface area contributed by atoms with Crippen LogP contribution in [-0.4, -0.2) is 55.0 Å². The molecule has 1 aromatic carbocycles. The van der Waals surface area contributed by atoms with Crippen molar-refractivity contribution in [1.82, 2.24) is 9.80 Å². The number of aryl methyl sites for hydroxylation is 1. The van der Waals surface area contributed by atoms with Crippen LogP contribution in [0.2, 0.25) is 0 Å². The van der Waals surface area contributed by atoms with Gasteiger partial charge in [0, 0.05) is 26.2 Å². The highest BCUT2D eigenvalue weighted by molar-refractivity contribution is 5.85. The van der Waals surface area contributed by atoms with E-state index >= 15 is 0 Å². The van der Waals surface area contributed by atoms with Gasteiger partial charge in [-0.15, -0.1) is 24.8 Å². The lowest BCUT2D eigenvalue weighted by atomic mass is 10.1. The lowest BCUT2D eigenvalue weighted by Gasteiger charge is -2.34. The minimum atomic E-state index is 0. The Labute approximate surface area is 139 Å². The summed E-state index contributed by atoms with van der Waals surface area (Å²) in [7, 11) is 0. The SMILES string of the molecule is Cl.Cl.NCC(=O)N1CCN(CCCc2ccccc2)CC1. The van der Waals surface area contributed by atoms with Gasteiger partial charge in [0.1, 0.15) is 0 Å². The van der Waals surface area contributed by atoms with Crippen molar-refractivity contribution >= 4 is 30.7 Å². The van der Waals surface area contributed by atoms with Crippen LogP contribution >= 0.6 is 24.8 Å². The van der Waals surface area contributed by atoms with Gasteiger partial charge in [0.2, 0.25) is 5.91 Å². The molecule has 0 aromatic heterocycles. The van der Waals surface area contributed by atoms with Crippen LogP contribution in [-0.2, 0) is 11.2 Å². The third-order valence-corrected chi connectivity index (χ3v) is 3.68. The molecule has 2 rings (SSSR count). The molecule has 6 heteroatoms. The standard InChI is InChI=1S/C15H23N3O.2ClH/c16-13-15(19)18-11-9-17(10-12-18)8-4-7-14-5-2-1-3-6-14;;/h1-3,5-6H,4,7-13,16H2;2*1H. The molecule has 0 aliphatic carbocycles. The summed E-state index contributed by atoms with van der Waals surface area (Å²) >= 11 is 0. The predicted octanol–water partition coefficient (Wildman–Crippen LogP) is 1.57. The van der Waals surface area contributed by atoms with Gasteiger partial charge in [0.25, 0.3) is 0 Å². The normalized spacial score (nSPS) is 15.0. The van der Waals surface area contributed by atoms with Gasteiger partial charge >= 0.3 is 0 Å². The van der Waals surface area contributed by atoms with Crippen LogP contribution in [0, 0.1) is 0 Å². The predicted molar refractivity (Wildman–Crippen MR) is 91.3 cm³/mol. The highest BCUT2D eigenvalue weighted by Gasteiger charge is 2.19. The molecule has 0 spiro atoms. The maximum Gasteiger partial charge on any atom is 0.236 e. The first kappa shape index (κ1) is 20.2. The van der Waals surface area contributed by atoms with E-state index in [4.69, 9.17) is 5.73 Å². The second kappa shape index (κ2) is 10.9. The van der Waals surface area contributed by atoms with E-state index in [9.17, 15) is 4.79 Å². The summed E-state index contributed by atoms with van der Waals surface area (Å²) in [6.07, 6.45) is 2.30. The number of carbonyl (C=O) groups excluding carboxylic acids is 1. The number of rotatable bonds is 5. The fourth-order valence-electron chi connectivity index (χ4n) is 2.50. The van der Waals surface area contributed by atoms with Crippen molar-refractivity contribution in [3.63, 3.8) is 0 Å². The molecule has 0 bridgehead atoms. The average molecular weight is 334 g/mol. The third kappa shape index (κ3) is 6.66. The molecule has 1 amide bonds. The first-order valence-corrected chi connectivity index (χ1v) is 7.03. The van der Waals surface area contributed by atoms with Crippen molar-refractivity contribution < 1.29 is 4.79 Å². The Morgan fingerprint density at radius 3 is 2.24 bits per heavy atom. The summed E-state index contributed by atoms with van der Waals surface area (Å²) in [4.78, 5) is 15.8. The molecule has 0 unspecified atom stereocenters. The quantitative estimate of drug-likeness (QED) is 0.889. The van der Waals surface area contributed by atoms with E-state index in [-0.39, 0.29) is 37.3 Å². The van der Waals surface area contributed by atoms with Crippen LogP contribution in [0.25, 0.3) is 0 Å². The second-order valence-corrected chi connectivity index (χ2v) is 5.02. The number of nitrogens with zero attached hydrogens (tertiary/aromatic N) is 2. The Kier molecular flexibility index (Phi) is 10.4. The topological polar surface area (TPSA) is 49.6 Å². The van der Waals surface area contributed by atoms with E-state index in [1.165, 1.54) is 12.0 Å². The Hall–Kier alpha value is -0.810. The fraction of sp³-hybridized carbons (Fsp3) is 0.533. The zero-order chi connectivity index (χ0) is 13.5.